The molecule has 0 spiro atoms. The Labute approximate surface area is 288 Å². The minimum Gasteiger partial charge on any atom is -0.497 e. The molecule has 7 rings (SSSR count). The predicted molar refractivity (Wildman–Crippen MR) is 185 cm³/mol. The van der Waals surface area contributed by atoms with E-state index >= 15 is 0 Å². The quantitative estimate of drug-likeness (QED) is 0.159. The first kappa shape index (κ1) is 32.9. The van der Waals surface area contributed by atoms with Gasteiger partial charge in [-0.1, -0.05) is 72.8 Å². The topological polar surface area (TPSA) is 137 Å². The summed E-state index contributed by atoms with van der Waals surface area (Å²) >= 11 is 0. The summed E-state index contributed by atoms with van der Waals surface area (Å²) in [4.78, 5) is 21.5. The highest BCUT2D eigenvalue weighted by Gasteiger charge is 2.46. The van der Waals surface area contributed by atoms with Gasteiger partial charge in [0.05, 0.1) is 20.8 Å². The summed E-state index contributed by atoms with van der Waals surface area (Å²) in [5.74, 6) is 1.30. The van der Waals surface area contributed by atoms with E-state index in [9.17, 15) is 15.0 Å². The van der Waals surface area contributed by atoms with E-state index in [-0.39, 0.29) is 18.5 Å². The summed E-state index contributed by atoms with van der Waals surface area (Å²) in [6.07, 6.45) is -1.33. The van der Waals surface area contributed by atoms with Gasteiger partial charge in [0.1, 0.15) is 53.5 Å². The van der Waals surface area contributed by atoms with Crippen LogP contribution in [0.25, 0.3) is 5.65 Å². The van der Waals surface area contributed by atoms with Gasteiger partial charge in [0, 0.05) is 17.3 Å². The first-order chi connectivity index (χ1) is 24.4. The average Bonchev–Trinajstić information content (AvgIpc) is 3.73. The lowest BCUT2D eigenvalue weighted by atomic mass is 9.80. The molecule has 0 radical (unpaired) electrons. The summed E-state index contributed by atoms with van der Waals surface area (Å²) in [7, 11) is 3.23. The van der Waals surface area contributed by atoms with Crippen molar-refractivity contribution in [2.75, 3.05) is 26.1 Å². The van der Waals surface area contributed by atoms with Crippen LogP contribution in [-0.2, 0) is 15.1 Å². The summed E-state index contributed by atoms with van der Waals surface area (Å²) in [5, 5.41) is 25.4. The first-order valence-corrected chi connectivity index (χ1v) is 16.1. The summed E-state index contributed by atoms with van der Waals surface area (Å²) in [6.45, 7) is -0.0762. The third-order valence-electron chi connectivity index (χ3n) is 9.01. The van der Waals surface area contributed by atoms with Crippen LogP contribution in [0.2, 0.25) is 0 Å². The number of rotatable bonds is 11. The van der Waals surface area contributed by atoms with Gasteiger partial charge in [-0.15, -0.1) is 0 Å². The van der Waals surface area contributed by atoms with Gasteiger partial charge in [0.2, 0.25) is 5.95 Å². The molecule has 1 saturated heterocycles. The van der Waals surface area contributed by atoms with E-state index < -0.39 is 30.0 Å². The molecule has 6 aromatic rings. The van der Waals surface area contributed by atoms with E-state index in [1.54, 1.807) is 55.1 Å². The molecule has 2 aromatic heterocycles. The molecule has 0 bridgehead atoms. The zero-order chi connectivity index (χ0) is 34.7. The lowest BCUT2D eigenvalue weighted by Crippen LogP contribution is -2.39. The number of nitrogens with zero attached hydrogens (tertiary/aromatic N) is 3. The lowest BCUT2D eigenvalue weighted by Gasteiger charge is -2.37. The number of benzene rings is 4. The second-order valence-electron chi connectivity index (χ2n) is 11.9. The molecule has 50 heavy (non-hydrogen) atoms. The summed E-state index contributed by atoms with van der Waals surface area (Å²) < 4.78 is 25.8. The molecule has 0 unspecified atom stereocenters. The normalized spacial score (nSPS) is 19.0. The Morgan fingerprint density at radius 2 is 1.38 bits per heavy atom. The van der Waals surface area contributed by atoms with Crippen molar-refractivity contribution in [1.29, 1.82) is 0 Å². The third-order valence-corrected chi connectivity index (χ3v) is 9.01. The predicted octanol–water partition coefficient (Wildman–Crippen LogP) is 5.17. The molecule has 11 nitrogen and oxygen atoms in total. The Hall–Kier alpha value is -5.59. The number of anilines is 1. The molecular weight excluding hydrogens is 636 g/mol. The number of nitrogens with one attached hydrogen (secondary N) is 1. The van der Waals surface area contributed by atoms with Gasteiger partial charge in [-0.3, -0.25) is 14.5 Å². The van der Waals surface area contributed by atoms with E-state index in [0.29, 0.717) is 28.3 Å². The molecule has 1 aliphatic rings. The van der Waals surface area contributed by atoms with Crippen molar-refractivity contribution in [3.63, 3.8) is 0 Å². The van der Waals surface area contributed by atoms with Gasteiger partial charge in [0.25, 0.3) is 5.91 Å². The number of fused-ring (bicyclic) bond motifs is 1. The van der Waals surface area contributed by atoms with Crippen molar-refractivity contribution >= 4 is 17.5 Å². The highest BCUT2D eigenvalue weighted by Crippen LogP contribution is 2.43. The molecule has 1 aliphatic heterocycles. The smallest absolute Gasteiger partial charge is 0.257 e. The number of hydrogen-bond acceptors (Lipinski definition) is 9. The summed E-state index contributed by atoms with van der Waals surface area (Å²) in [6, 6.07) is 35.6. The minimum absolute atomic E-state index is 0.0762. The van der Waals surface area contributed by atoms with Crippen LogP contribution in [0.1, 0.15) is 38.7 Å². The molecule has 4 aromatic carbocycles. The fourth-order valence-corrected chi connectivity index (χ4v) is 6.40. The van der Waals surface area contributed by atoms with Crippen LogP contribution in [0, 0.1) is 0 Å². The maximum atomic E-state index is 12.9. The number of aromatic nitrogens is 3. The number of ether oxygens (including phenoxy) is 4. The highest BCUT2D eigenvalue weighted by molar-refractivity contribution is 6.03. The van der Waals surface area contributed by atoms with Crippen molar-refractivity contribution < 1.29 is 34.0 Å². The highest BCUT2D eigenvalue weighted by atomic mass is 16.6. The zero-order valence-electron chi connectivity index (χ0n) is 27.4. The SMILES string of the molecule is COc1ccc(C(OC[C@H]2O[C@@H](c3cc4ncnc(NC(=O)c5ccccc5)n4c3)[C@@H](O)[C@@H]2O)(c2ccccc2)c2ccc(OC)cc2)cc1. The molecule has 0 saturated carbocycles. The molecule has 0 aliphatic carbocycles. The van der Waals surface area contributed by atoms with Crippen LogP contribution in [0.5, 0.6) is 11.5 Å². The van der Waals surface area contributed by atoms with Gasteiger partial charge in [-0.25, -0.2) is 9.97 Å². The van der Waals surface area contributed by atoms with Crippen molar-refractivity contribution in [2.45, 2.75) is 30.0 Å². The molecule has 1 fully saturated rings. The molecule has 11 heteroatoms. The average molecular weight is 673 g/mol. The Balaban J connectivity index is 1.19. The maximum absolute atomic E-state index is 12.9. The molecule has 4 atom stereocenters. The van der Waals surface area contributed by atoms with Crippen molar-refractivity contribution in [1.82, 2.24) is 14.4 Å². The van der Waals surface area contributed by atoms with Crippen molar-refractivity contribution in [3.05, 3.63) is 156 Å². The number of amides is 1. The number of aliphatic hydroxyl groups excluding tert-OH is 2. The fourth-order valence-electron chi connectivity index (χ4n) is 6.40. The molecule has 1 amide bonds. The number of carbonyl (C=O) groups excluding carboxylic acids is 1. The van der Waals surface area contributed by atoms with Gasteiger partial charge >= 0.3 is 0 Å². The molecule has 254 valence electrons. The van der Waals surface area contributed by atoms with Crippen LogP contribution in [0.4, 0.5) is 5.95 Å². The first-order valence-electron chi connectivity index (χ1n) is 16.1. The Bertz CT molecular complexity index is 2010. The second kappa shape index (κ2) is 14.1. The number of hydrogen-bond donors (Lipinski definition) is 3. The van der Waals surface area contributed by atoms with E-state index in [1.807, 2.05) is 84.9 Å². The van der Waals surface area contributed by atoms with Crippen LogP contribution < -0.4 is 14.8 Å². The van der Waals surface area contributed by atoms with Crippen LogP contribution >= 0.6 is 0 Å². The van der Waals surface area contributed by atoms with Gasteiger partial charge < -0.3 is 29.2 Å². The van der Waals surface area contributed by atoms with E-state index in [1.165, 1.54) is 6.33 Å². The molecule has 3 N–H and O–H groups in total. The number of methoxy groups -OCH3 is 2. The largest absolute Gasteiger partial charge is 0.497 e. The maximum Gasteiger partial charge on any atom is 0.257 e. The van der Waals surface area contributed by atoms with Gasteiger partial charge in [-0.05, 0) is 59.2 Å². The standard InChI is InChI=1S/C39H36N4O7/c1-47-30-17-13-28(14-18-30)39(27-11-7-4-8-12-27,29-15-19-31(48-2)20-16-29)49-23-32-34(44)35(45)36(50-32)26-21-33-40-24-41-38(43(33)22-26)42-37(46)25-9-5-3-6-10-25/h3-22,24,32,34-36,44-45H,23H2,1-2H3,(H,40,41,42,46)/t32-,34-,35+,36+/m1/s1. The molecule has 3 heterocycles. The van der Waals surface area contributed by atoms with Crippen LogP contribution in [0.15, 0.2) is 128 Å². The van der Waals surface area contributed by atoms with Gasteiger partial charge in [-0.2, -0.15) is 0 Å². The Morgan fingerprint density at radius 3 is 1.98 bits per heavy atom. The van der Waals surface area contributed by atoms with Gasteiger partial charge in [0.15, 0.2) is 0 Å². The third kappa shape index (κ3) is 6.19. The van der Waals surface area contributed by atoms with E-state index in [2.05, 4.69) is 15.3 Å². The van der Waals surface area contributed by atoms with Crippen LogP contribution in [0.3, 0.4) is 0 Å². The number of carbonyl (C=O) groups is 1. The minimum atomic E-state index is -1.27. The van der Waals surface area contributed by atoms with E-state index in [4.69, 9.17) is 18.9 Å². The fraction of sp³-hybridized carbons (Fsp3) is 0.205. The van der Waals surface area contributed by atoms with Crippen molar-refractivity contribution in [3.8, 4) is 11.5 Å². The Morgan fingerprint density at radius 1 is 0.800 bits per heavy atom. The lowest BCUT2D eigenvalue weighted by molar-refractivity contribution is -0.0828. The monoisotopic (exact) mass is 672 g/mol. The van der Waals surface area contributed by atoms with E-state index in [0.717, 1.165) is 16.7 Å². The Kier molecular flexibility index (Phi) is 9.29. The zero-order valence-corrected chi connectivity index (χ0v) is 27.4. The molecular formula is C39H36N4O7. The van der Waals surface area contributed by atoms with Crippen molar-refractivity contribution in [2.24, 2.45) is 0 Å². The van der Waals surface area contributed by atoms with Crippen LogP contribution in [-0.4, -0.2) is 69.6 Å². The second-order valence-corrected chi connectivity index (χ2v) is 11.9. The summed E-state index contributed by atoms with van der Waals surface area (Å²) in [5.41, 5.74) is 2.85. The number of aliphatic hydroxyl groups is 2.